The Bertz CT molecular complexity index is 344. The van der Waals surface area contributed by atoms with Crippen LogP contribution in [0.1, 0.15) is 18.5 Å². The molecular formula is C9H8BrF2NO. The lowest BCUT2D eigenvalue weighted by atomic mass is 9.74. The number of aliphatic hydroxyl groups is 1. The van der Waals surface area contributed by atoms with Gasteiger partial charge in [0.1, 0.15) is 5.60 Å². The van der Waals surface area contributed by atoms with Crippen LogP contribution in [0, 0.1) is 0 Å². The second-order valence-electron chi connectivity index (χ2n) is 3.60. The van der Waals surface area contributed by atoms with Gasteiger partial charge in [0, 0.05) is 23.5 Å². The standard InChI is InChI=1S/C9H8BrF2NO/c10-6-1-2-7(13-3-6)8(14)4-9(11,12)5-8/h1-3,14H,4-5H2. The highest BCUT2D eigenvalue weighted by Crippen LogP contribution is 2.50. The van der Waals surface area contributed by atoms with Gasteiger partial charge in [-0.3, -0.25) is 4.98 Å². The van der Waals surface area contributed by atoms with E-state index in [1.165, 1.54) is 6.20 Å². The Kier molecular flexibility index (Phi) is 2.12. The largest absolute Gasteiger partial charge is 0.383 e. The van der Waals surface area contributed by atoms with Crippen LogP contribution in [-0.4, -0.2) is 16.0 Å². The van der Waals surface area contributed by atoms with Crippen LogP contribution < -0.4 is 0 Å². The first-order valence-electron chi connectivity index (χ1n) is 4.14. The molecule has 1 aromatic heterocycles. The van der Waals surface area contributed by atoms with E-state index in [0.717, 1.165) is 4.47 Å². The highest BCUT2D eigenvalue weighted by atomic mass is 79.9. The molecule has 0 atom stereocenters. The van der Waals surface area contributed by atoms with Gasteiger partial charge in [0.15, 0.2) is 0 Å². The van der Waals surface area contributed by atoms with Crippen molar-refractivity contribution in [2.75, 3.05) is 0 Å². The van der Waals surface area contributed by atoms with Gasteiger partial charge in [0.05, 0.1) is 5.69 Å². The molecule has 1 heterocycles. The normalized spacial score (nSPS) is 22.9. The van der Waals surface area contributed by atoms with Crippen molar-refractivity contribution in [2.24, 2.45) is 0 Å². The highest BCUT2D eigenvalue weighted by Gasteiger charge is 2.57. The van der Waals surface area contributed by atoms with Crippen LogP contribution in [0.15, 0.2) is 22.8 Å². The van der Waals surface area contributed by atoms with Gasteiger partial charge in [-0.2, -0.15) is 0 Å². The molecule has 14 heavy (non-hydrogen) atoms. The zero-order valence-electron chi connectivity index (χ0n) is 7.17. The lowest BCUT2D eigenvalue weighted by Gasteiger charge is -2.42. The molecule has 1 saturated carbocycles. The molecule has 76 valence electrons. The van der Waals surface area contributed by atoms with Crippen molar-refractivity contribution in [3.8, 4) is 0 Å². The van der Waals surface area contributed by atoms with Crippen LogP contribution in [0.4, 0.5) is 8.78 Å². The molecule has 1 N–H and O–H groups in total. The zero-order valence-corrected chi connectivity index (χ0v) is 8.76. The summed E-state index contributed by atoms with van der Waals surface area (Å²) in [6.07, 6.45) is 0.424. The van der Waals surface area contributed by atoms with Gasteiger partial charge in [-0.1, -0.05) is 0 Å². The molecule has 0 radical (unpaired) electrons. The van der Waals surface area contributed by atoms with Gasteiger partial charge < -0.3 is 5.11 Å². The van der Waals surface area contributed by atoms with E-state index >= 15 is 0 Å². The van der Waals surface area contributed by atoms with E-state index < -0.39 is 24.4 Å². The van der Waals surface area contributed by atoms with E-state index in [0.29, 0.717) is 5.69 Å². The molecule has 0 unspecified atom stereocenters. The third-order valence-corrected chi connectivity index (χ3v) is 2.78. The SMILES string of the molecule is OC1(c2ccc(Br)cn2)CC(F)(F)C1. The second-order valence-corrected chi connectivity index (χ2v) is 4.52. The first-order chi connectivity index (χ1) is 6.41. The summed E-state index contributed by atoms with van der Waals surface area (Å²) in [5, 5.41) is 9.75. The predicted molar refractivity (Wildman–Crippen MR) is 50.0 cm³/mol. The van der Waals surface area contributed by atoms with Crippen LogP contribution in [0.2, 0.25) is 0 Å². The quantitative estimate of drug-likeness (QED) is 0.845. The minimum atomic E-state index is -2.75. The lowest BCUT2D eigenvalue weighted by Crippen LogP contribution is -2.49. The Morgan fingerprint density at radius 3 is 2.43 bits per heavy atom. The average molecular weight is 264 g/mol. The number of hydrogen-bond acceptors (Lipinski definition) is 2. The third kappa shape index (κ3) is 1.66. The van der Waals surface area contributed by atoms with Crippen molar-refractivity contribution in [3.05, 3.63) is 28.5 Å². The Morgan fingerprint density at radius 1 is 1.36 bits per heavy atom. The van der Waals surface area contributed by atoms with Crippen molar-refractivity contribution in [1.82, 2.24) is 4.98 Å². The number of alkyl halides is 2. The maximum absolute atomic E-state index is 12.6. The molecule has 0 aliphatic heterocycles. The van der Waals surface area contributed by atoms with Crippen molar-refractivity contribution < 1.29 is 13.9 Å². The monoisotopic (exact) mass is 263 g/mol. The van der Waals surface area contributed by atoms with E-state index in [9.17, 15) is 13.9 Å². The van der Waals surface area contributed by atoms with Crippen LogP contribution in [0.5, 0.6) is 0 Å². The summed E-state index contributed by atoms with van der Waals surface area (Å²) in [5.74, 6) is -2.75. The smallest absolute Gasteiger partial charge is 0.254 e. The lowest BCUT2D eigenvalue weighted by molar-refractivity contribution is -0.212. The van der Waals surface area contributed by atoms with Gasteiger partial charge >= 0.3 is 0 Å². The van der Waals surface area contributed by atoms with Crippen LogP contribution >= 0.6 is 15.9 Å². The molecule has 0 bridgehead atoms. The summed E-state index contributed by atoms with van der Waals surface area (Å²) in [6, 6.07) is 3.23. The van der Waals surface area contributed by atoms with Gasteiger partial charge in [-0.05, 0) is 28.1 Å². The first-order valence-corrected chi connectivity index (χ1v) is 4.93. The first kappa shape index (κ1) is 9.98. The van der Waals surface area contributed by atoms with Gasteiger partial charge in [-0.15, -0.1) is 0 Å². The van der Waals surface area contributed by atoms with Crippen LogP contribution in [0.25, 0.3) is 0 Å². The minimum Gasteiger partial charge on any atom is -0.383 e. The summed E-state index contributed by atoms with van der Waals surface area (Å²) in [5.41, 5.74) is -1.13. The van der Waals surface area contributed by atoms with Crippen molar-refractivity contribution in [1.29, 1.82) is 0 Å². The van der Waals surface area contributed by atoms with Gasteiger partial charge in [-0.25, -0.2) is 8.78 Å². The summed E-state index contributed by atoms with van der Waals surface area (Å²) >= 11 is 3.18. The highest BCUT2D eigenvalue weighted by molar-refractivity contribution is 9.10. The molecule has 0 spiro atoms. The molecule has 1 aliphatic rings. The molecule has 2 rings (SSSR count). The van der Waals surface area contributed by atoms with Crippen LogP contribution in [-0.2, 0) is 5.60 Å². The molecule has 0 saturated heterocycles. The maximum atomic E-state index is 12.6. The molecule has 1 aliphatic carbocycles. The summed E-state index contributed by atoms with van der Waals surface area (Å²) in [7, 11) is 0. The Labute approximate surface area is 88.1 Å². The molecule has 1 fully saturated rings. The molecule has 5 heteroatoms. The molecule has 1 aromatic rings. The van der Waals surface area contributed by atoms with E-state index in [1.807, 2.05) is 0 Å². The number of nitrogens with zero attached hydrogens (tertiary/aromatic N) is 1. The van der Waals surface area contributed by atoms with Crippen molar-refractivity contribution in [3.63, 3.8) is 0 Å². The fourth-order valence-electron chi connectivity index (χ4n) is 1.64. The average Bonchev–Trinajstić information content (AvgIpc) is 2.01. The van der Waals surface area contributed by atoms with Crippen molar-refractivity contribution in [2.45, 2.75) is 24.4 Å². The molecular weight excluding hydrogens is 256 g/mol. The summed E-state index contributed by atoms with van der Waals surface area (Å²) in [6.45, 7) is 0. The second kappa shape index (κ2) is 2.97. The summed E-state index contributed by atoms with van der Waals surface area (Å²) < 4.78 is 26.0. The predicted octanol–water partition coefficient (Wildman–Crippen LogP) is 2.46. The Balaban J connectivity index is 2.21. The van der Waals surface area contributed by atoms with E-state index in [4.69, 9.17) is 0 Å². The topological polar surface area (TPSA) is 33.1 Å². The Morgan fingerprint density at radius 2 is 2.00 bits per heavy atom. The molecule has 0 aromatic carbocycles. The zero-order chi connectivity index (χ0) is 10.4. The number of pyridine rings is 1. The summed E-state index contributed by atoms with van der Waals surface area (Å²) in [4.78, 5) is 3.91. The van der Waals surface area contributed by atoms with Gasteiger partial charge in [0.25, 0.3) is 5.92 Å². The minimum absolute atomic E-state index is 0.312. The van der Waals surface area contributed by atoms with E-state index in [-0.39, 0.29) is 0 Å². The van der Waals surface area contributed by atoms with E-state index in [1.54, 1.807) is 12.1 Å². The number of aromatic nitrogens is 1. The van der Waals surface area contributed by atoms with Crippen molar-refractivity contribution >= 4 is 15.9 Å². The van der Waals surface area contributed by atoms with E-state index in [2.05, 4.69) is 20.9 Å². The number of hydrogen-bond donors (Lipinski definition) is 1. The number of rotatable bonds is 1. The third-order valence-electron chi connectivity index (χ3n) is 2.31. The molecule has 0 amide bonds. The maximum Gasteiger partial charge on any atom is 0.254 e. The fraction of sp³-hybridized carbons (Fsp3) is 0.444. The van der Waals surface area contributed by atoms with Gasteiger partial charge in [0.2, 0.25) is 0 Å². The fourth-order valence-corrected chi connectivity index (χ4v) is 1.87. The number of halogens is 3. The molecule has 2 nitrogen and oxygen atoms in total. The van der Waals surface area contributed by atoms with Crippen LogP contribution in [0.3, 0.4) is 0 Å². The Hall–Kier alpha value is -0.550.